The Labute approximate surface area is 106 Å². The number of hydrogen-bond donors (Lipinski definition) is 1. The molecule has 2 nitrogen and oxygen atoms in total. The van der Waals surface area contributed by atoms with Crippen molar-refractivity contribution in [1.29, 1.82) is 0 Å². The van der Waals surface area contributed by atoms with Gasteiger partial charge in [-0.3, -0.25) is 0 Å². The molecule has 0 bridgehead atoms. The van der Waals surface area contributed by atoms with E-state index in [1.165, 1.54) is 17.7 Å². The minimum absolute atomic E-state index is 0.251. The zero-order valence-electron chi connectivity index (χ0n) is 9.88. The second kappa shape index (κ2) is 8.09. The van der Waals surface area contributed by atoms with Crippen LogP contribution in [0.2, 0.25) is 0 Å². The van der Waals surface area contributed by atoms with Crippen LogP contribution < -0.4 is 10.1 Å². The predicted octanol–water partition coefficient (Wildman–Crippen LogP) is 3.46. The zero-order valence-corrected chi connectivity index (χ0v) is 10.6. The van der Waals surface area contributed by atoms with Crippen LogP contribution >= 0.6 is 11.6 Å². The second-order valence-corrected chi connectivity index (χ2v) is 3.85. The molecule has 1 rings (SSSR count). The van der Waals surface area contributed by atoms with Gasteiger partial charge in [0.05, 0.1) is 0 Å². The molecule has 0 fully saturated rings. The number of nitrogens with one attached hydrogen (secondary N) is 1. The fourth-order valence-corrected chi connectivity index (χ4v) is 1.47. The quantitative estimate of drug-likeness (QED) is 0.756. The fourth-order valence-electron chi connectivity index (χ4n) is 1.40. The summed E-state index contributed by atoms with van der Waals surface area (Å²) < 4.78 is 18.6. The van der Waals surface area contributed by atoms with E-state index in [2.05, 4.69) is 12.2 Å². The summed E-state index contributed by atoms with van der Waals surface area (Å²) in [6.45, 7) is 3.97. The molecule has 94 valence electrons. The topological polar surface area (TPSA) is 21.3 Å². The third kappa shape index (κ3) is 5.20. The van der Waals surface area contributed by atoms with Gasteiger partial charge in [0.25, 0.3) is 0 Å². The van der Waals surface area contributed by atoms with Gasteiger partial charge in [-0.2, -0.15) is 0 Å². The van der Waals surface area contributed by atoms with E-state index < -0.39 is 0 Å². The highest BCUT2D eigenvalue weighted by molar-refractivity contribution is 6.25. The van der Waals surface area contributed by atoms with Crippen LogP contribution in [0.3, 0.4) is 0 Å². The van der Waals surface area contributed by atoms with Crippen molar-refractivity contribution < 1.29 is 9.13 Å². The summed E-state index contributed by atoms with van der Waals surface area (Å²) in [7, 11) is 0. The van der Waals surface area contributed by atoms with Gasteiger partial charge in [0.2, 0.25) is 0 Å². The summed E-state index contributed by atoms with van der Waals surface area (Å²) >= 11 is 5.40. The smallest absolute Gasteiger partial charge is 0.124 e. The molecular formula is C13H17ClFNO. The maximum absolute atomic E-state index is 13.1. The first-order chi connectivity index (χ1) is 8.27. The molecule has 1 N–H and O–H groups in total. The summed E-state index contributed by atoms with van der Waals surface area (Å²) in [5, 5.41) is 3.22. The number of rotatable bonds is 7. The Balaban J connectivity index is 2.65. The lowest BCUT2D eigenvalue weighted by atomic mass is 10.2. The molecule has 0 aromatic heterocycles. The Morgan fingerprint density at radius 2 is 2.29 bits per heavy atom. The molecule has 0 amide bonds. The molecule has 0 radical (unpaired) electrons. The molecule has 0 spiro atoms. The van der Waals surface area contributed by atoms with E-state index in [0.717, 1.165) is 18.5 Å². The van der Waals surface area contributed by atoms with Crippen LogP contribution in [0.4, 0.5) is 4.39 Å². The van der Waals surface area contributed by atoms with Crippen LogP contribution in [0.25, 0.3) is 0 Å². The summed E-state index contributed by atoms with van der Waals surface area (Å²) in [5.41, 5.74) is 2.22. The molecule has 0 atom stereocenters. The van der Waals surface area contributed by atoms with Crippen molar-refractivity contribution in [1.82, 2.24) is 5.32 Å². The van der Waals surface area contributed by atoms with Gasteiger partial charge < -0.3 is 10.1 Å². The summed E-state index contributed by atoms with van der Waals surface area (Å²) in [6.07, 6.45) is 2.73. The lowest BCUT2D eigenvalue weighted by Crippen LogP contribution is -2.15. The van der Waals surface area contributed by atoms with E-state index in [-0.39, 0.29) is 5.82 Å². The Hall–Kier alpha value is -1.06. The minimum atomic E-state index is -0.251. The van der Waals surface area contributed by atoms with Crippen molar-refractivity contribution in [2.75, 3.05) is 13.2 Å². The molecule has 0 aliphatic rings. The lowest BCUT2D eigenvalue weighted by molar-refractivity contribution is 0.356. The summed E-state index contributed by atoms with van der Waals surface area (Å²) in [4.78, 5) is 0. The van der Waals surface area contributed by atoms with Gasteiger partial charge in [-0.1, -0.05) is 18.5 Å². The van der Waals surface area contributed by atoms with Crippen LogP contribution in [0, 0.1) is 5.82 Å². The monoisotopic (exact) mass is 257 g/mol. The Kier molecular flexibility index (Phi) is 6.67. The van der Waals surface area contributed by atoms with Gasteiger partial charge in [-0.05, 0) is 37.2 Å². The lowest BCUT2D eigenvalue weighted by Gasteiger charge is -2.11. The van der Waals surface area contributed by atoms with E-state index in [1.54, 1.807) is 12.1 Å². The molecule has 1 aromatic carbocycles. The molecule has 0 saturated heterocycles. The van der Waals surface area contributed by atoms with Crippen LogP contribution in [0.15, 0.2) is 29.8 Å². The maximum atomic E-state index is 13.1. The van der Waals surface area contributed by atoms with E-state index in [9.17, 15) is 4.39 Å². The largest absolute Gasteiger partial charge is 0.489 e. The van der Waals surface area contributed by atoms with Crippen molar-refractivity contribution in [2.45, 2.75) is 19.9 Å². The first-order valence-corrected chi connectivity index (χ1v) is 6.08. The van der Waals surface area contributed by atoms with E-state index >= 15 is 0 Å². The van der Waals surface area contributed by atoms with E-state index in [4.69, 9.17) is 16.3 Å². The third-order valence-corrected chi connectivity index (χ3v) is 2.37. The second-order valence-electron chi connectivity index (χ2n) is 3.60. The van der Waals surface area contributed by atoms with E-state index in [0.29, 0.717) is 18.9 Å². The molecular weight excluding hydrogens is 241 g/mol. The number of hydrogen-bond acceptors (Lipinski definition) is 2. The first kappa shape index (κ1) is 14.0. The molecule has 0 unspecified atom stereocenters. The molecule has 0 aliphatic heterocycles. The zero-order chi connectivity index (χ0) is 12.5. The molecule has 1 aromatic rings. The Morgan fingerprint density at radius 1 is 1.47 bits per heavy atom. The van der Waals surface area contributed by atoms with Crippen molar-refractivity contribution >= 4 is 11.6 Å². The Bertz CT molecular complexity index is 368. The molecule has 4 heteroatoms. The minimum Gasteiger partial charge on any atom is -0.489 e. The Morgan fingerprint density at radius 3 is 3.00 bits per heavy atom. The predicted molar refractivity (Wildman–Crippen MR) is 68.9 cm³/mol. The van der Waals surface area contributed by atoms with E-state index in [1.807, 2.05) is 0 Å². The van der Waals surface area contributed by atoms with Crippen molar-refractivity contribution in [3.05, 3.63) is 41.2 Å². The van der Waals surface area contributed by atoms with Crippen molar-refractivity contribution in [3.8, 4) is 5.75 Å². The SMILES string of the molecule is CCCNCc1cc(F)ccc1OC/C=C/Cl. The average Bonchev–Trinajstić information content (AvgIpc) is 2.32. The molecule has 0 saturated carbocycles. The van der Waals surface area contributed by atoms with Gasteiger partial charge in [-0.15, -0.1) is 0 Å². The van der Waals surface area contributed by atoms with Crippen molar-refractivity contribution in [2.24, 2.45) is 0 Å². The van der Waals surface area contributed by atoms with Crippen LogP contribution in [0.5, 0.6) is 5.75 Å². The highest BCUT2D eigenvalue weighted by Crippen LogP contribution is 2.19. The fraction of sp³-hybridized carbons (Fsp3) is 0.385. The van der Waals surface area contributed by atoms with Gasteiger partial charge in [0, 0.05) is 17.6 Å². The number of benzene rings is 1. The first-order valence-electron chi connectivity index (χ1n) is 5.65. The van der Waals surface area contributed by atoms with Gasteiger partial charge >= 0.3 is 0 Å². The van der Waals surface area contributed by atoms with Crippen LogP contribution in [-0.4, -0.2) is 13.2 Å². The average molecular weight is 258 g/mol. The number of halogens is 2. The van der Waals surface area contributed by atoms with Gasteiger partial charge in [-0.25, -0.2) is 4.39 Å². The number of ether oxygens (including phenoxy) is 1. The highest BCUT2D eigenvalue weighted by atomic mass is 35.5. The van der Waals surface area contributed by atoms with Gasteiger partial charge in [0.15, 0.2) is 0 Å². The van der Waals surface area contributed by atoms with Crippen LogP contribution in [-0.2, 0) is 6.54 Å². The molecule has 0 heterocycles. The summed E-state index contributed by atoms with van der Waals surface area (Å²) in [5.74, 6) is 0.434. The molecule has 0 aliphatic carbocycles. The molecule has 17 heavy (non-hydrogen) atoms. The standard InChI is InChI=1S/C13H17ClFNO/c1-2-7-16-10-11-9-12(15)4-5-13(11)17-8-3-6-14/h3-6,9,16H,2,7-8,10H2,1H3/b6-3+. The third-order valence-electron chi connectivity index (χ3n) is 2.19. The van der Waals surface area contributed by atoms with Gasteiger partial charge in [0.1, 0.15) is 18.2 Å². The van der Waals surface area contributed by atoms with Crippen molar-refractivity contribution in [3.63, 3.8) is 0 Å². The maximum Gasteiger partial charge on any atom is 0.124 e. The summed E-state index contributed by atoms with van der Waals surface area (Å²) in [6, 6.07) is 4.52. The normalized spacial score (nSPS) is 11.0. The van der Waals surface area contributed by atoms with Crippen LogP contribution in [0.1, 0.15) is 18.9 Å². The highest BCUT2D eigenvalue weighted by Gasteiger charge is 2.04.